The summed E-state index contributed by atoms with van der Waals surface area (Å²) in [5.74, 6) is 1.24. The summed E-state index contributed by atoms with van der Waals surface area (Å²) in [5.41, 5.74) is 0. The lowest BCUT2D eigenvalue weighted by molar-refractivity contribution is 0.514. The molecule has 102 valence electrons. The van der Waals surface area contributed by atoms with E-state index in [1.54, 1.807) is 0 Å². The maximum absolute atomic E-state index is 3.63. The Morgan fingerprint density at radius 2 is 2.22 bits per heavy atom. The molecule has 0 spiro atoms. The van der Waals surface area contributed by atoms with Gasteiger partial charge in [0, 0.05) is 26.4 Å². The van der Waals surface area contributed by atoms with Crippen LogP contribution >= 0.6 is 39.0 Å². The average molecular weight is 348 g/mol. The summed E-state index contributed by atoms with van der Waals surface area (Å²) in [6, 6.07) is 2.76. The number of rotatable bonds is 6. The number of thioether (sulfide) groups is 1. The molecule has 1 aromatic heterocycles. The molecule has 0 radical (unpaired) electrons. The van der Waals surface area contributed by atoms with Gasteiger partial charge in [0.05, 0.1) is 0 Å². The van der Waals surface area contributed by atoms with Gasteiger partial charge in [0.25, 0.3) is 0 Å². The third kappa shape index (κ3) is 4.55. The van der Waals surface area contributed by atoms with Crippen LogP contribution in [0.1, 0.15) is 37.0 Å². The molecular weight excluding hydrogens is 326 g/mol. The molecule has 18 heavy (non-hydrogen) atoms. The lowest BCUT2D eigenvalue weighted by Gasteiger charge is -2.23. The Morgan fingerprint density at radius 3 is 2.83 bits per heavy atom. The minimum Gasteiger partial charge on any atom is -0.316 e. The van der Waals surface area contributed by atoms with Crippen molar-refractivity contribution in [1.29, 1.82) is 0 Å². The van der Waals surface area contributed by atoms with Crippen LogP contribution in [0, 0.1) is 0 Å². The van der Waals surface area contributed by atoms with Crippen molar-refractivity contribution in [3.05, 3.63) is 20.8 Å². The first-order chi connectivity index (χ1) is 8.79. The number of hydrogen-bond donors (Lipinski definition) is 1. The van der Waals surface area contributed by atoms with Gasteiger partial charge < -0.3 is 5.32 Å². The molecule has 1 unspecified atom stereocenters. The van der Waals surface area contributed by atoms with Gasteiger partial charge in [-0.05, 0) is 53.7 Å². The van der Waals surface area contributed by atoms with Gasteiger partial charge in [-0.2, -0.15) is 11.8 Å². The van der Waals surface area contributed by atoms with Crippen molar-refractivity contribution in [3.8, 4) is 0 Å². The number of thiophene rings is 1. The van der Waals surface area contributed by atoms with Crippen molar-refractivity contribution >= 4 is 39.0 Å². The maximum Gasteiger partial charge on any atom is 0.0314 e. The third-order valence-electron chi connectivity index (χ3n) is 3.62. The third-order valence-corrected chi connectivity index (χ3v) is 7.10. The Labute approximate surface area is 127 Å². The zero-order chi connectivity index (χ0) is 12.8. The highest BCUT2D eigenvalue weighted by molar-refractivity contribution is 9.10. The fourth-order valence-corrected chi connectivity index (χ4v) is 5.47. The molecule has 0 aromatic carbocycles. The minimum atomic E-state index is 0.604. The topological polar surface area (TPSA) is 12.0 Å². The van der Waals surface area contributed by atoms with Crippen molar-refractivity contribution in [2.75, 3.05) is 12.8 Å². The van der Waals surface area contributed by atoms with Crippen LogP contribution in [0.3, 0.4) is 0 Å². The lowest BCUT2D eigenvalue weighted by Crippen LogP contribution is -2.31. The Morgan fingerprint density at radius 1 is 1.44 bits per heavy atom. The van der Waals surface area contributed by atoms with Gasteiger partial charge in [-0.25, -0.2) is 0 Å². The van der Waals surface area contributed by atoms with E-state index in [0.29, 0.717) is 6.04 Å². The fourth-order valence-electron chi connectivity index (χ4n) is 2.42. The van der Waals surface area contributed by atoms with Crippen LogP contribution in [0.5, 0.6) is 0 Å². The molecule has 1 fully saturated rings. The second-order valence-electron chi connectivity index (χ2n) is 4.97. The molecule has 1 atom stereocenters. The van der Waals surface area contributed by atoms with E-state index >= 15 is 0 Å². The van der Waals surface area contributed by atoms with Gasteiger partial charge in [0.1, 0.15) is 0 Å². The molecule has 1 heterocycles. The second kappa shape index (κ2) is 7.93. The minimum absolute atomic E-state index is 0.604. The molecule has 1 saturated carbocycles. The average Bonchev–Trinajstić information content (AvgIpc) is 2.81. The number of nitrogens with one attached hydrogen (secondary N) is 1. The lowest BCUT2D eigenvalue weighted by atomic mass is 10.0. The van der Waals surface area contributed by atoms with Crippen LogP contribution in [0.4, 0.5) is 0 Å². The van der Waals surface area contributed by atoms with Crippen molar-refractivity contribution in [2.45, 2.75) is 49.8 Å². The Bertz CT molecular complexity index is 347. The van der Waals surface area contributed by atoms with Gasteiger partial charge >= 0.3 is 0 Å². The Balaban J connectivity index is 1.76. The maximum atomic E-state index is 3.63. The van der Waals surface area contributed by atoms with Gasteiger partial charge in [-0.1, -0.05) is 19.3 Å². The fraction of sp³-hybridized carbons (Fsp3) is 0.714. The predicted octanol–water partition coefficient (Wildman–Crippen LogP) is 4.71. The number of hydrogen-bond acceptors (Lipinski definition) is 3. The van der Waals surface area contributed by atoms with Crippen LogP contribution in [-0.4, -0.2) is 24.1 Å². The first kappa shape index (κ1) is 14.9. The van der Waals surface area contributed by atoms with E-state index in [-0.39, 0.29) is 0 Å². The van der Waals surface area contributed by atoms with Crippen LogP contribution in [-0.2, 0) is 6.42 Å². The van der Waals surface area contributed by atoms with Crippen molar-refractivity contribution in [2.24, 2.45) is 0 Å². The highest BCUT2D eigenvalue weighted by Crippen LogP contribution is 2.30. The summed E-state index contributed by atoms with van der Waals surface area (Å²) < 4.78 is 1.27. The number of halogens is 1. The molecule has 1 aliphatic rings. The molecule has 0 bridgehead atoms. The summed E-state index contributed by atoms with van der Waals surface area (Å²) in [5, 5.41) is 6.56. The Hall–Kier alpha value is 0.490. The van der Waals surface area contributed by atoms with E-state index in [2.05, 4.69) is 51.5 Å². The van der Waals surface area contributed by atoms with E-state index in [4.69, 9.17) is 0 Å². The highest BCUT2D eigenvalue weighted by Gasteiger charge is 2.17. The van der Waals surface area contributed by atoms with Crippen molar-refractivity contribution < 1.29 is 0 Å². The van der Waals surface area contributed by atoms with Crippen LogP contribution in [0.15, 0.2) is 15.9 Å². The quantitative estimate of drug-likeness (QED) is 0.799. The predicted molar refractivity (Wildman–Crippen MR) is 87.9 cm³/mol. The van der Waals surface area contributed by atoms with E-state index in [1.807, 2.05) is 11.3 Å². The molecular formula is C14H22BrNS2. The molecule has 0 amide bonds. The van der Waals surface area contributed by atoms with E-state index in [9.17, 15) is 0 Å². The first-order valence-electron chi connectivity index (χ1n) is 6.80. The molecule has 2 rings (SSSR count). The molecule has 1 aliphatic carbocycles. The Kier molecular flexibility index (Phi) is 6.56. The summed E-state index contributed by atoms with van der Waals surface area (Å²) in [4.78, 5) is 1.47. The monoisotopic (exact) mass is 347 g/mol. The first-order valence-corrected chi connectivity index (χ1v) is 9.52. The van der Waals surface area contributed by atoms with Gasteiger partial charge in [0.15, 0.2) is 0 Å². The highest BCUT2D eigenvalue weighted by atomic mass is 79.9. The summed E-state index contributed by atoms with van der Waals surface area (Å²) in [6.07, 6.45) is 8.35. The van der Waals surface area contributed by atoms with Gasteiger partial charge in [-0.3, -0.25) is 0 Å². The summed E-state index contributed by atoms with van der Waals surface area (Å²) in [6.45, 7) is 0. The molecule has 1 nitrogen and oxygen atoms in total. The molecule has 0 saturated heterocycles. The zero-order valence-corrected chi connectivity index (χ0v) is 14.2. The van der Waals surface area contributed by atoms with Crippen molar-refractivity contribution in [3.63, 3.8) is 0 Å². The van der Waals surface area contributed by atoms with Crippen molar-refractivity contribution in [1.82, 2.24) is 5.32 Å². The molecule has 1 aromatic rings. The van der Waals surface area contributed by atoms with E-state index < -0.39 is 0 Å². The summed E-state index contributed by atoms with van der Waals surface area (Å²) in [7, 11) is 2.09. The van der Waals surface area contributed by atoms with E-state index in [1.165, 1.54) is 47.2 Å². The summed E-state index contributed by atoms with van der Waals surface area (Å²) >= 11 is 7.67. The largest absolute Gasteiger partial charge is 0.316 e. The van der Waals surface area contributed by atoms with Crippen LogP contribution in [0.25, 0.3) is 0 Å². The zero-order valence-electron chi connectivity index (χ0n) is 11.0. The standard InChI is InChI=1S/C14H22BrNS2/c1-16-11(9-14-13(15)7-8-17-14)10-18-12-5-3-2-4-6-12/h7-8,11-12,16H,2-6,9-10H2,1H3. The SMILES string of the molecule is CNC(CSC1CCCCC1)Cc1sccc1Br. The van der Waals surface area contributed by atoms with Gasteiger partial charge in [0.2, 0.25) is 0 Å². The smallest absolute Gasteiger partial charge is 0.0314 e. The van der Waals surface area contributed by atoms with E-state index in [0.717, 1.165) is 11.7 Å². The molecule has 4 heteroatoms. The van der Waals surface area contributed by atoms with Crippen LogP contribution < -0.4 is 5.32 Å². The molecule has 1 N–H and O–H groups in total. The number of likely N-dealkylation sites (N-methyl/N-ethyl adjacent to an activating group) is 1. The molecule has 0 aliphatic heterocycles. The van der Waals surface area contributed by atoms with Gasteiger partial charge in [-0.15, -0.1) is 11.3 Å². The normalized spacial score (nSPS) is 19.0. The second-order valence-corrected chi connectivity index (χ2v) is 8.16. The van der Waals surface area contributed by atoms with Crippen LogP contribution in [0.2, 0.25) is 0 Å².